The van der Waals surface area contributed by atoms with Gasteiger partial charge in [0.2, 0.25) is 0 Å². The van der Waals surface area contributed by atoms with Crippen LogP contribution >= 0.6 is 0 Å². The van der Waals surface area contributed by atoms with Crippen LogP contribution in [0.4, 0.5) is 0 Å². The third-order valence-corrected chi connectivity index (χ3v) is 6.27. The Hall–Kier alpha value is -3.52. The fourth-order valence-electron chi connectivity index (χ4n) is 5.02. The van der Waals surface area contributed by atoms with Crippen molar-refractivity contribution in [3.05, 3.63) is 97.1 Å². The summed E-state index contributed by atoms with van der Waals surface area (Å²) in [6.45, 7) is 8.94. The first-order chi connectivity index (χ1) is 15.6. The van der Waals surface area contributed by atoms with Crippen LogP contribution in [0.25, 0.3) is 43.6 Å². The quantitative estimate of drug-likeness (QED) is 0.266. The molecule has 2 aromatic heterocycles. The number of para-hydroxylation sites is 4. The van der Waals surface area contributed by atoms with E-state index in [2.05, 4.69) is 134 Å². The molecule has 2 heterocycles. The predicted octanol–water partition coefficient (Wildman–Crippen LogP) is 8.75. The van der Waals surface area contributed by atoms with Crippen LogP contribution in [0.5, 0.6) is 0 Å². The molecule has 0 saturated heterocycles. The fourth-order valence-corrected chi connectivity index (χ4v) is 5.02. The van der Waals surface area contributed by atoms with Crippen molar-refractivity contribution in [2.75, 3.05) is 0 Å². The highest BCUT2D eigenvalue weighted by molar-refractivity contribution is 6.08. The molecule has 0 aliphatic heterocycles. The average Bonchev–Trinajstić information content (AvgIpc) is 3.33. The zero-order valence-corrected chi connectivity index (χ0v) is 19.3. The Kier molecular flexibility index (Phi) is 5.22. The van der Waals surface area contributed by atoms with Crippen molar-refractivity contribution >= 4 is 43.6 Å². The van der Waals surface area contributed by atoms with Crippen LogP contribution < -0.4 is 0 Å². The van der Waals surface area contributed by atoms with E-state index in [1.165, 1.54) is 43.6 Å². The molecule has 0 N–H and O–H groups in total. The van der Waals surface area contributed by atoms with Crippen LogP contribution in [0.2, 0.25) is 0 Å². The van der Waals surface area contributed by atoms with Gasteiger partial charge in [0.05, 0.1) is 0 Å². The third kappa shape index (κ3) is 3.27. The zero-order valence-electron chi connectivity index (χ0n) is 19.3. The number of hydrogen-bond donors (Lipinski definition) is 0. The number of aromatic nitrogens is 2. The van der Waals surface area contributed by atoms with Gasteiger partial charge < -0.3 is 9.13 Å². The number of hydrogen-bond acceptors (Lipinski definition) is 0. The van der Waals surface area contributed by atoms with Crippen molar-refractivity contribution in [2.45, 2.75) is 39.8 Å². The van der Waals surface area contributed by atoms with Crippen molar-refractivity contribution in [1.82, 2.24) is 9.13 Å². The summed E-state index contributed by atoms with van der Waals surface area (Å²) in [6.07, 6.45) is 0. The lowest BCUT2D eigenvalue weighted by Gasteiger charge is -2.10. The van der Waals surface area contributed by atoms with E-state index in [9.17, 15) is 0 Å². The summed E-state index contributed by atoms with van der Waals surface area (Å²) in [6, 6.07) is 35.5. The van der Waals surface area contributed by atoms with Crippen molar-refractivity contribution in [3.63, 3.8) is 0 Å². The molecule has 0 radical (unpaired) electrons. The minimum atomic E-state index is 0.491. The average molecular weight is 419 g/mol. The van der Waals surface area contributed by atoms with Gasteiger partial charge in [-0.15, -0.1) is 0 Å². The Labute approximate surface area is 189 Å². The molecule has 0 bridgehead atoms. The van der Waals surface area contributed by atoms with E-state index in [0.717, 1.165) is 0 Å². The molecule has 0 unspecified atom stereocenters. The van der Waals surface area contributed by atoms with Crippen molar-refractivity contribution < 1.29 is 0 Å². The first kappa shape index (κ1) is 20.4. The summed E-state index contributed by atoms with van der Waals surface area (Å²) >= 11 is 0. The van der Waals surface area contributed by atoms with Gasteiger partial charge in [0.25, 0.3) is 0 Å². The molecule has 0 aliphatic carbocycles. The van der Waals surface area contributed by atoms with Crippen LogP contribution in [-0.4, -0.2) is 9.13 Å². The summed E-state index contributed by atoms with van der Waals surface area (Å²) in [5.74, 6) is 0. The van der Waals surface area contributed by atoms with Crippen LogP contribution in [0, 0.1) is 0 Å². The van der Waals surface area contributed by atoms with E-state index in [0.29, 0.717) is 12.1 Å². The van der Waals surface area contributed by atoms with E-state index in [1.807, 2.05) is 0 Å². The maximum Gasteiger partial charge on any atom is 0.0493 e. The van der Waals surface area contributed by atoms with E-state index < -0.39 is 0 Å². The Morgan fingerprint density at radius 1 is 0.375 bits per heavy atom. The molecule has 0 aliphatic rings. The SMILES string of the molecule is CC(C)n1c2ccccc2c2ccccc21.CC(C)n1c2ccccc2c2ccccc21. The van der Waals surface area contributed by atoms with E-state index in [-0.39, 0.29) is 0 Å². The van der Waals surface area contributed by atoms with Gasteiger partial charge in [-0.3, -0.25) is 0 Å². The molecule has 0 atom stereocenters. The molecule has 2 heteroatoms. The van der Waals surface area contributed by atoms with E-state index in [1.54, 1.807) is 0 Å². The molecule has 0 spiro atoms. The second kappa shape index (κ2) is 8.20. The summed E-state index contributed by atoms with van der Waals surface area (Å²) < 4.78 is 4.81. The van der Waals surface area contributed by atoms with Crippen molar-refractivity contribution in [1.29, 1.82) is 0 Å². The highest BCUT2D eigenvalue weighted by atomic mass is 15.0. The molecule has 6 aromatic rings. The summed E-state index contributed by atoms with van der Waals surface area (Å²) in [7, 11) is 0. The van der Waals surface area contributed by atoms with Gasteiger partial charge in [-0.05, 0) is 52.0 Å². The van der Waals surface area contributed by atoms with Gasteiger partial charge in [0.15, 0.2) is 0 Å². The molecule has 160 valence electrons. The normalized spacial score (nSPS) is 11.7. The monoisotopic (exact) mass is 418 g/mol. The highest BCUT2D eigenvalue weighted by Crippen LogP contribution is 2.32. The second-order valence-corrected chi connectivity index (χ2v) is 9.00. The standard InChI is InChI=1S/2C15H15N/c2*1-11(2)16-14-9-5-3-7-12(14)13-8-4-6-10-15(13)16/h2*3-11H,1-2H3. The lowest BCUT2D eigenvalue weighted by Crippen LogP contribution is -1.99. The molecule has 4 aromatic carbocycles. The van der Waals surface area contributed by atoms with Crippen LogP contribution in [0.1, 0.15) is 39.8 Å². The minimum Gasteiger partial charge on any atom is -0.338 e. The Balaban J connectivity index is 0.000000135. The first-order valence-corrected chi connectivity index (χ1v) is 11.5. The van der Waals surface area contributed by atoms with Crippen molar-refractivity contribution in [2.24, 2.45) is 0 Å². The van der Waals surface area contributed by atoms with Gasteiger partial charge in [0, 0.05) is 55.7 Å². The summed E-state index contributed by atoms with van der Waals surface area (Å²) in [5, 5.41) is 5.41. The van der Waals surface area contributed by atoms with E-state index >= 15 is 0 Å². The van der Waals surface area contributed by atoms with Gasteiger partial charge in [-0.1, -0.05) is 72.8 Å². The molecular weight excluding hydrogens is 388 g/mol. The van der Waals surface area contributed by atoms with Gasteiger partial charge >= 0.3 is 0 Å². The minimum absolute atomic E-state index is 0.491. The van der Waals surface area contributed by atoms with Gasteiger partial charge in [0.1, 0.15) is 0 Å². The molecule has 0 amide bonds. The molecular formula is C30H30N2. The fraction of sp³-hybridized carbons (Fsp3) is 0.200. The molecule has 0 saturated carbocycles. The molecule has 2 nitrogen and oxygen atoms in total. The maximum atomic E-state index is 2.41. The summed E-state index contributed by atoms with van der Waals surface area (Å²) in [4.78, 5) is 0. The highest BCUT2D eigenvalue weighted by Gasteiger charge is 2.12. The van der Waals surface area contributed by atoms with Gasteiger partial charge in [-0.25, -0.2) is 0 Å². The van der Waals surface area contributed by atoms with E-state index in [4.69, 9.17) is 0 Å². The molecule has 0 fully saturated rings. The van der Waals surface area contributed by atoms with Crippen molar-refractivity contribution in [3.8, 4) is 0 Å². The number of nitrogens with zero attached hydrogens (tertiary/aromatic N) is 2. The predicted molar refractivity (Wildman–Crippen MR) is 140 cm³/mol. The number of fused-ring (bicyclic) bond motifs is 6. The first-order valence-electron chi connectivity index (χ1n) is 11.5. The lowest BCUT2D eigenvalue weighted by molar-refractivity contribution is 0.642. The number of benzene rings is 4. The van der Waals surface area contributed by atoms with Gasteiger partial charge in [-0.2, -0.15) is 0 Å². The molecule has 32 heavy (non-hydrogen) atoms. The lowest BCUT2D eigenvalue weighted by atomic mass is 10.2. The van der Waals surface area contributed by atoms with Crippen LogP contribution in [0.15, 0.2) is 97.1 Å². The maximum absolute atomic E-state index is 2.41. The Morgan fingerprint density at radius 2 is 0.594 bits per heavy atom. The topological polar surface area (TPSA) is 9.86 Å². The molecule has 6 rings (SSSR count). The van der Waals surface area contributed by atoms with Crippen LogP contribution in [-0.2, 0) is 0 Å². The smallest absolute Gasteiger partial charge is 0.0493 e. The summed E-state index contributed by atoms with van der Waals surface area (Å²) in [5.41, 5.74) is 5.33. The Morgan fingerprint density at radius 3 is 0.812 bits per heavy atom. The number of rotatable bonds is 2. The Bertz CT molecular complexity index is 1300. The zero-order chi connectivity index (χ0) is 22.2. The second-order valence-electron chi connectivity index (χ2n) is 9.00. The third-order valence-electron chi connectivity index (χ3n) is 6.27. The van der Waals surface area contributed by atoms with Crippen LogP contribution in [0.3, 0.4) is 0 Å². The largest absolute Gasteiger partial charge is 0.338 e.